The van der Waals surface area contributed by atoms with Gasteiger partial charge in [0, 0.05) is 38.1 Å². The normalized spacial score (nSPS) is 13.9. The molecule has 0 saturated heterocycles. The van der Waals surface area contributed by atoms with Crippen molar-refractivity contribution in [2.45, 2.75) is 81.6 Å². The van der Waals surface area contributed by atoms with Gasteiger partial charge in [-0.05, 0) is 101 Å². The number of hydrogen-bond donors (Lipinski definition) is 1. The maximum Gasteiger partial charge on any atom is 0.0365 e. The van der Waals surface area contributed by atoms with Gasteiger partial charge in [0.1, 0.15) is 0 Å². The summed E-state index contributed by atoms with van der Waals surface area (Å²) >= 11 is 0. The third-order valence-electron chi connectivity index (χ3n) is 6.48. The third-order valence-corrected chi connectivity index (χ3v) is 6.48. The van der Waals surface area contributed by atoms with Crippen molar-refractivity contribution >= 4 is 11.8 Å². The van der Waals surface area contributed by atoms with Crippen LogP contribution in [0.2, 0.25) is 0 Å². The molecule has 2 N–H and O–H groups in total. The fourth-order valence-corrected chi connectivity index (χ4v) is 4.26. The summed E-state index contributed by atoms with van der Waals surface area (Å²) in [4.78, 5) is 6.73. The molecule has 0 aliphatic heterocycles. The Morgan fingerprint density at radius 2 is 1.75 bits per heavy atom. The summed E-state index contributed by atoms with van der Waals surface area (Å²) in [5, 5.41) is 0. The quantitative estimate of drug-likeness (QED) is 0.210. The number of nitrogens with zero attached hydrogens (tertiary/aromatic N) is 2. The molecule has 1 aromatic rings. The van der Waals surface area contributed by atoms with Crippen LogP contribution in [0.4, 0.5) is 0 Å². The summed E-state index contributed by atoms with van der Waals surface area (Å²) in [5.41, 5.74) is 16.1. The molecule has 0 spiro atoms. The Morgan fingerprint density at radius 1 is 1.07 bits per heavy atom. The third kappa shape index (κ3) is 14.3. The fraction of sp³-hybridized carbons (Fsp3) is 0.432. The van der Waals surface area contributed by atoms with Crippen LogP contribution in [0.3, 0.4) is 0 Å². The number of hydrogen-bond acceptors (Lipinski definition) is 3. The van der Waals surface area contributed by atoms with Gasteiger partial charge in [0.25, 0.3) is 0 Å². The van der Waals surface area contributed by atoms with Crippen molar-refractivity contribution in [2.75, 3.05) is 26.2 Å². The van der Waals surface area contributed by atoms with E-state index >= 15 is 0 Å². The Hall–Kier alpha value is -3.17. The molecule has 0 fully saturated rings. The number of allylic oxidation sites excluding steroid dienone is 11. The predicted molar refractivity (Wildman–Crippen MR) is 183 cm³/mol. The molecule has 1 aliphatic rings. The van der Waals surface area contributed by atoms with Crippen LogP contribution in [-0.2, 0) is 0 Å². The van der Waals surface area contributed by atoms with Gasteiger partial charge >= 0.3 is 0 Å². The van der Waals surface area contributed by atoms with E-state index in [4.69, 9.17) is 5.73 Å². The zero-order valence-electron chi connectivity index (χ0n) is 27.1. The number of nitrogens with two attached hydrogens (primary N) is 1. The van der Waals surface area contributed by atoms with Crippen molar-refractivity contribution in [1.82, 2.24) is 4.90 Å². The summed E-state index contributed by atoms with van der Waals surface area (Å²) in [6.45, 7) is 26.2. The van der Waals surface area contributed by atoms with Crippen molar-refractivity contribution < 1.29 is 0 Å². The van der Waals surface area contributed by atoms with Crippen molar-refractivity contribution in [2.24, 2.45) is 10.7 Å². The van der Waals surface area contributed by atoms with Crippen LogP contribution in [0.5, 0.6) is 0 Å². The van der Waals surface area contributed by atoms with Gasteiger partial charge in [0.15, 0.2) is 0 Å². The summed E-state index contributed by atoms with van der Waals surface area (Å²) < 4.78 is 0. The van der Waals surface area contributed by atoms with Crippen molar-refractivity contribution in [1.29, 1.82) is 0 Å². The molecular formula is C37H57N3. The first-order valence-corrected chi connectivity index (χ1v) is 15.1. The molecule has 0 atom stereocenters. The molecule has 2 rings (SSSR count). The number of likely N-dealkylation sites (N-methyl/N-ethyl adjacent to an activating group) is 1. The van der Waals surface area contributed by atoms with E-state index in [1.165, 1.54) is 39.1 Å². The minimum absolute atomic E-state index is 0.526. The summed E-state index contributed by atoms with van der Waals surface area (Å²) in [6.07, 6.45) is 20.4. The first kappa shape index (κ1) is 36.8. The summed E-state index contributed by atoms with van der Waals surface area (Å²) in [7, 11) is 0. The lowest BCUT2D eigenvalue weighted by Gasteiger charge is -2.22. The lowest BCUT2D eigenvalue weighted by Crippen LogP contribution is -2.21. The van der Waals surface area contributed by atoms with E-state index in [1.807, 2.05) is 27.0 Å². The lowest BCUT2D eigenvalue weighted by molar-refractivity contribution is 0.394. The van der Waals surface area contributed by atoms with Gasteiger partial charge in [-0.15, -0.1) is 0 Å². The molecule has 3 nitrogen and oxygen atoms in total. The van der Waals surface area contributed by atoms with E-state index in [0.29, 0.717) is 6.54 Å². The van der Waals surface area contributed by atoms with Crippen LogP contribution in [0.25, 0.3) is 5.57 Å². The fourth-order valence-electron chi connectivity index (χ4n) is 4.26. The second-order valence-electron chi connectivity index (χ2n) is 9.46. The highest BCUT2D eigenvalue weighted by Gasteiger charge is 2.10. The van der Waals surface area contributed by atoms with Crippen LogP contribution in [0, 0.1) is 6.92 Å². The van der Waals surface area contributed by atoms with Gasteiger partial charge < -0.3 is 10.6 Å². The standard InChI is InChI=1S/C24H37N3.C11H14.C2H6/c1-6-10-20(5)15-21-13-14-24(27(8-3)9-4)17-22(16-21)11-12-23(18-25)19-26-7-2;1-4-9(2)11-8-6-5-7-10(11)3;1-2/h6,10,12-15,17,19H,7-9,11,16,18,25H2,1-5H3;5-8H,2,4H2,1,3H3;1-2H3/b10-6-,20-15+,23-12+,26-19?;;. The zero-order valence-corrected chi connectivity index (χ0v) is 27.1. The van der Waals surface area contributed by atoms with Crippen LogP contribution in [0.1, 0.15) is 85.8 Å². The monoisotopic (exact) mass is 543 g/mol. The smallest absolute Gasteiger partial charge is 0.0365 e. The highest BCUT2D eigenvalue weighted by atomic mass is 15.1. The highest BCUT2D eigenvalue weighted by Crippen LogP contribution is 2.25. The predicted octanol–water partition coefficient (Wildman–Crippen LogP) is 9.80. The molecule has 0 saturated carbocycles. The molecule has 220 valence electrons. The van der Waals surface area contributed by atoms with Crippen LogP contribution < -0.4 is 5.73 Å². The van der Waals surface area contributed by atoms with Gasteiger partial charge in [-0.1, -0.05) is 93.1 Å². The molecule has 3 heteroatoms. The topological polar surface area (TPSA) is 41.6 Å². The molecule has 0 heterocycles. The minimum atomic E-state index is 0.526. The van der Waals surface area contributed by atoms with E-state index < -0.39 is 0 Å². The van der Waals surface area contributed by atoms with Crippen LogP contribution in [0.15, 0.2) is 106 Å². The Bertz CT molecular complexity index is 1090. The van der Waals surface area contributed by atoms with E-state index in [0.717, 1.165) is 44.5 Å². The van der Waals surface area contributed by atoms with Crippen LogP contribution >= 0.6 is 0 Å². The second-order valence-corrected chi connectivity index (χ2v) is 9.46. The van der Waals surface area contributed by atoms with Crippen molar-refractivity contribution in [3.8, 4) is 0 Å². The van der Waals surface area contributed by atoms with Crippen LogP contribution in [-0.4, -0.2) is 37.3 Å². The van der Waals surface area contributed by atoms with E-state index in [2.05, 4.69) is 125 Å². The van der Waals surface area contributed by atoms with Gasteiger partial charge in [0.2, 0.25) is 0 Å². The Balaban J connectivity index is 0.000000968. The Labute approximate surface area is 247 Å². The van der Waals surface area contributed by atoms with E-state index in [1.54, 1.807) is 0 Å². The Morgan fingerprint density at radius 3 is 2.30 bits per heavy atom. The molecule has 1 aliphatic carbocycles. The van der Waals surface area contributed by atoms with Crippen molar-refractivity contribution in [3.05, 3.63) is 112 Å². The van der Waals surface area contributed by atoms with Crippen molar-refractivity contribution in [3.63, 3.8) is 0 Å². The lowest BCUT2D eigenvalue weighted by atomic mass is 10.00. The number of rotatable bonds is 12. The first-order chi connectivity index (χ1) is 19.3. The molecule has 0 amide bonds. The Kier molecular flexibility index (Phi) is 20.8. The molecule has 1 aromatic carbocycles. The number of benzene rings is 1. The number of aliphatic imine (C=N–C) groups is 1. The first-order valence-electron chi connectivity index (χ1n) is 15.1. The number of aryl methyl sites for hydroxylation is 1. The van der Waals surface area contributed by atoms with E-state index in [9.17, 15) is 0 Å². The van der Waals surface area contributed by atoms with E-state index in [-0.39, 0.29) is 0 Å². The largest absolute Gasteiger partial charge is 0.372 e. The molecule has 0 aromatic heterocycles. The van der Waals surface area contributed by atoms with Gasteiger partial charge in [0.05, 0.1) is 0 Å². The molecule has 0 bridgehead atoms. The zero-order chi connectivity index (χ0) is 30.3. The van der Waals surface area contributed by atoms with Gasteiger partial charge in [-0.3, -0.25) is 4.99 Å². The SMILES string of the molecule is C/C=C\C(C)=C\C1=CC=C(N(CC)CC)C=C(C/C=C(/C=NCC)CN)C1.C=C(CC)c1ccccc1C.CC. The summed E-state index contributed by atoms with van der Waals surface area (Å²) in [6, 6.07) is 8.36. The second kappa shape index (κ2) is 22.6. The maximum absolute atomic E-state index is 5.88. The highest BCUT2D eigenvalue weighted by molar-refractivity contribution is 5.79. The average Bonchev–Trinajstić information content (AvgIpc) is 3.17. The maximum atomic E-state index is 5.88. The van der Waals surface area contributed by atoms with Gasteiger partial charge in [-0.25, -0.2) is 0 Å². The molecule has 40 heavy (non-hydrogen) atoms. The molecule has 0 radical (unpaired) electrons. The van der Waals surface area contributed by atoms with Gasteiger partial charge in [-0.2, -0.15) is 0 Å². The molecule has 0 unspecified atom stereocenters. The molecular weight excluding hydrogens is 486 g/mol. The summed E-state index contributed by atoms with van der Waals surface area (Å²) in [5.74, 6) is 0. The minimum Gasteiger partial charge on any atom is -0.372 e. The average molecular weight is 544 g/mol.